The molecule has 0 bridgehead atoms. The number of nitrogens with one attached hydrogen (secondary N) is 3. The first-order chi connectivity index (χ1) is 19.1. The molecule has 0 heterocycles. The Morgan fingerprint density at radius 1 is 0.950 bits per heavy atom. The Kier molecular flexibility index (Phi) is 10.0. The Morgan fingerprint density at radius 2 is 1.68 bits per heavy atom. The van der Waals surface area contributed by atoms with Crippen molar-refractivity contribution in [2.45, 2.75) is 26.3 Å². The van der Waals surface area contributed by atoms with Crippen molar-refractivity contribution in [3.05, 3.63) is 87.5 Å². The summed E-state index contributed by atoms with van der Waals surface area (Å²) in [6.45, 7) is 3.52. The Labute approximate surface area is 230 Å². The van der Waals surface area contributed by atoms with E-state index < -0.39 is 28.7 Å². The van der Waals surface area contributed by atoms with E-state index in [2.05, 4.69) is 20.7 Å². The minimum atomic E-state index is -0.707. The van der Waals surface area contributed by atoms with E-state index in [-0.39, 0.29) is 30.2 Å². The number of hydrogen-bond donors (Lipinski definition) is 3. The van der Waals surface area contributed by atoms with Crippen LogP contribution in [0.1, 0.15) is 28.4 Å². The first kappa shape index (κ1) is 29.4. The molecule has 210 valence electrons. The van der Waals surface area contributed by atoms with Crippen molar-refractivity contribution >= 4 is 35.0 Å². The van der Waals surface area contributed by atoms with Gasteiger partial charge in [0.2, 0.25) is 5.91 Å². The second-order valence-corrected chi connectivity index (χ2v) is 8.82. The summed E-state index contributed by atoms with van der Waals surface area (Å²) in [7, 11) is 2.64. The normalized spacial score (nSPS) is 11.1. The van der Waals surface area contributed by atoms with E-state index in [0.29, 0.717) is 22.7 Å². The third kappa shape index (κ3) is 7.93. The highest BCUT2D eigenvalue weighted by molar-refractivity contribution is 6.01. The van der Waals surface area contributed by atoms with Crippen LogP contribution in [0.4, 0.5) is 21.9 Å². The molecule has 0 spiro atoms. The molecule has 0 fully saturated rings. The molecule has 0 unspecified atom stereocenters. The number of amides is 3. The third-order valence-corrected chi connectivity index (χ3v) is 5.75. The molecule has 3 N–H and O–H groups in total. The quantitative estimate of drug-likeness (QED) is 0.179. The lowest BCUT2D eigenvalue weighted by atomic mass is 10.1. The summed E-state index contributed by atoms with van der Waals surface area (Å²) in [6, 6.07) is 15.2. The predicted octanol–water partition coefficient (Wildman–Crippen LogP) is 4.47. The highest BCUT2D eigenvalue weighted by Gasteiger charge is 2.20. The van der Waals surface area contributed by atoms with E-state index in [9.17, 15) is 24.5 Å². The van der Waals surface area contributed by atoms with Crippen molar-refractivity contribution in [1.82, 2.24) is 5.32 Å². The first-order valence-electron chi connectivity index (χ1n) is 12.2. The zero-order valence-electron chi connectivity index (χ0n) is 22.5. The lowest BCUT2D eigenvalue weighted by Crippen LogP contribution is -2.37. The Balaban J connectivity index is 1.56. The zero-order chi connectivity index (χ0) is 29.2. The maximum Gasteiger partial charge on any atom is 0.338 e. The molecule has 0 aromatic heterocycles. The Hall–Kier alpha value is -5.13. The van der Waals surface area contributed by atoms with Gasteiger partial charge in [-0.3, -0.25) is 14.9 Å². The monoisotopic (exact) mass is 550 g/mol. The third-order valence-electron chi connectivity index (χ3n) is 5.75. The number of anilines is 2. The van der Waals surface area contributed by atoms with Crippen LogP contribution >= 0.6 is 0 Å². The van der Waals surface area contributed by atoms with Gasteiger partial charge in [0, 0.05) is 11.8 Å². The smallest absolute Gasteiger partial charge is 0.338 e. The van der Waals surface area contributed by atoms with Crippen LogP contribution in [0.25, 0.3) is 0 Å². The minimum Gasteiger partial charge on any atom is -0.495 e. The zero-order valence-corrected chi connectivity index (χ0v) is 22.5. The van der Waals surface area contributed by atoms with E-state index in [1.165, 1.54) is 26.4 Å². The van der Waals surface area contributed by atoms with Gasteiger partial charge >= 0.3 is 17.7 Å². The number of methoxy groups -OCH3 is 2. The molecular weight excluding hydrogens is 520 g/mol. The summed E-state index contributed by atoms with van der Waals surface area (Å²) in [5.41, 5.74) is 2.29. The fourth-order valence-corrected chi connectivity index (χ4v) is 3.73. The number of rotatable bonds is 11. The highest BCUT2D eigenvalue weighted by Crippen LogP contribution is 2.29. The van der Waals surface area contributed by atoms with Crippen LogP contribution < -0.4 is 25.4 Å². The average Bonchev–Trinajstić information content (AvgIpc) is 2.93. The van der Waals surface area contributed by atoms with Crippen molar-refractivity contribution in [1.29, 1.82) is 0 Å². The molecule has 0 radical (unpaired) electrons. The fourth-order valence-electron chi connectivity index (χ4n) is 3.73. The SMILES string of the molecule is COC(=O)c1ccc(OC[C@H](C)NC(=O)Cc2ccc(NC(=O)Nc3ccccc3C)c(OC)c2)c([N+](=O)[O-])c1. The number of para-hydroxylation sites is 1. The molecule has 3 aromatic carbocycles. The van der Waals surface area contributed by atoms with Crippen molar-refractivity contribution in [3.63, 3.8) is 0 Å². The Morgan fingerprint density at radius 3 is 2.35 bits per heavy atom. The van der Waals surface area contributed by atoms with E-state index in [1.54, 1.807) is 31.2 Å². The molecule has 3 aromatic rings. The summed E-state index contributed by atoms with van der Waals surface area (Å²) in [4.78, 5) is 47.5. The van der Waals surface area contributed by atoms with Crippen LogP contribution in [0.5, 0.6) is 11.5 Å². The summed E-state index contributed by atoms with van der Waals surface area (Å²) in [5.74, 6) is -0.685. The molecular formula is C28H30N4O8. The van der Waals surface area contributed by atoms with E-state index in [1.807, 2.05) is 25.1 Å². The van der Waals surface area contributed by atoms with Gasteiger partial charge in [-0.05, 0) is 55.3 Å². The lowest BCUT2D eigenvalue weighted by molar-refractivity contribution is -0.385. The van der Waals surface area contributed by atoms with Crippen LogP contribution in [0.15, 0.2) is 60.7 Å². The number of hydrogen-bond acceptors (Lipinski definition) is 8. The second kappa shape index (κ2) is 13.6. The van der Waals surface area contributed by atoms with Crippen molar-refractivity contribution in [3.8, 4) is 11.5 Å². The molecule has 0 aliphatic rings. The number of carbonyl (C=O) groups excluding carboxylic acids is 3. The minimum absolute atomic E-state index is 0.0182. The van der Waals surface area contributed by atoms with Crippen molar-refractivity contribution in [2.75, 3.05) is 31.5 Å². The standard InChI is InChI=1S/C28H30N4O8/c1-17-7-5-6-8-21(17)30-28(35)31-22-11-9-19(13-25(22)38-3)14-26(33)29-18(2)16-40-24-12-10-20(27(34)39-4)15-23(24)32(36)37/h5-13,15,18H,14,16H2,1-4H3,(H,29,33)(H2,30,31,35)/t18-/m0/s1. The number of aryl methyl sites for hydroxylation is 1. The predicted molar refractivity (Wildman–Crippen MR) is 148 cm³/mol. The van der Waals surface area contributed by atoms with Gasteiger partial charge in [-0.2, -0.15) is 0 Å². The number of ether oxygens (including phenoxy) is 3. The van der Waals surface area contributed by atoms with Gasteiger partial charge in [-0.25, -0.2) is 9.59 Å². The van der Waals surface area contributed by atoms with Crippen LogP contribution in [0.3, 0.4) is 0 Å². The summed E-state index contributed by atoms with van der Waals surface area (Å²) >= 11 is 0. The maximum absolute atomic E-state index is 12.6. The molecule has 1 atom stereocenters. The number of nitro groups is 1. The summed E-state index contributed by atoms with van der Waals surface area (Å²) in [5, 5.41) is 19.7. The lowest BCUT2D eigenvalue weighted by Gasteiger charge is -2.16. The van der Waals surface area contributed by atoms with Gasteiger partial charge in [-0.15, -0.1) is 0 Å². The molecule has 0 aliphatic carbocycles. The number of nitro benzene ring substituents is 1. The molecule has 0 saturated carbocycles. The molecule has 40 heavy (non-hydrogen) atoms. The van der Waals surface area contributed by atoms with Gasteiger partial charge in [0.15, 0.2) is 5.75 Å². The maximum atomic E-state index is 12.6. The average molecular weight is 551 g/mol. The fraction of sp³-hybridized carbons (Fsp3) is 0.250. The summed E-state index contributed by atoms with van der Waals surface area (Å²) in [6.07, 6.45) is 0.0182. The molecule has 0 saturated heterocycles. The number of esters is 1. The van der Waals surface area contributed by atoms with E-state index >= 15 is 0 Å². The molecule has 3 amide bonds. The summed E-state index contributed by atoms with van der Waals surface area (Å²) < 4.78 is 15.5. The van der Waals surface area contributed by atoms with Crippen molar-refractivity contribution < 1.29 is 33.5 Å². The van der Waals surface area contributed by atoms with Gasteiger partial charge < -0.3 is 30.2 Å². The second-order valence-electron chi connectivity index (χ2n) is 8.82. The van der Waals surface area contributed by atoms with Crippen LogP contribution in [0, 0.1) is 17.0 Å². The van der Waals surface area contributed by atoms with Gasteiger partial charge in [-0.1, -0.05) is 24.3 Å². The number of urea groups is 1. The number of carbonyl (C=O) groups is 3. The number of benzene rings is 3. The van der Waals surface area contributed by atoms with E-state index in [0.717, 1.165) is 11.6 Å². The molecule has 3 rings (SSSR count). The van der Waals surface area contributed by atoms with E-state index in [4.69, 9.17) is 9.47 Å². The van der Waals surface area contributed by atoms with Crippen LogP contribution in [-0.4, -0.2) is 49.7 Å². The van der Waals surface area contributed by atoms with Crippen LogP contribution in [-0.2, 0) is 16.0 Å². The molecule has 12 nitrogen and oxygen atoms in total. The highest BCUT2D eigenvalue weighted by atomic mass is 16.6. The molecule has 0 aliphatic heterocycles. The Bertz CT molecular complexity index is 1410. The topological polar surface area (TPSA) is 158 Å². The largest absolute Gasteiger partial charge is 0.495 e. The van der Waals surface area contributed by atoms with Crippen molar-refractivity contribution in [2.24, 2.45) is 0 Å². The van der Waals surface area contributed by atoms with Gasteiger partial charge in [0.1, 0.15) is 12.4 Å². The van der Waals surface area contributed by atoms with Gasteiger partial charge in [0.05, 0.1) is 42.9 Å². The van der Waals surface area contributed by atoms with Crippen LogP contribution in [0.2, 0.25) is 0 Å². The molecule has 12 heteroatoms. The van der Waals surface area contributed by atoms with Gasteiger partial charge in [0.25, 0.3) is 0 Å². The number of nitrogens with zero attached hydrogens (tertiary/aromatic N) is 1. The first-order valence-corrected chi connectivity index (χ1v) is 12.2.